The summed E-state index contributed by atoms with van der Waals surface area (Å²) in [5.41, 5.74) is 8.15. The summed E-state index contributed by atoms with van der Waals surface area (Å²) >= 11 is 0. The molecular weight excluding hydrogens is 310 g/mol. The molecule has 2 aromatic carbocycles. The van der Waals surface area contributed by atoms with Crippen LogP contribution in [0.2, 0.25) is 0 Å². The maximum absolute atomic E-state index is 13.9. The first-order chi connectivity index (χ1) is 11.5. The number of hydrogen-bond acceptors (Lipinski definition) is 3. The number of ketones is 1. The molecule has 0 spiro atoms. The molecule has 0 fully saturated rings. The van der Waals surface area contributed by atoms with E-state index >= 15 is 0 Å². The number of halogens is 2. The van der Waals surface area contributed by atoms with E-state index in [1.165, 1.54) is 24.4 Å². The molecule has 0 aliphatic carbocycles. The summed E-state index contributed by atoms with van der Waals surface area (Å²) in [6.45, 7) is 1.90. The van der Waals surface area contributed by atoms with E-state index in [4.69, 9.17) is 5.73 Å². The number of anilines is 1. The number of benzene rings is 2. The molecule has 0 amide bonds. The van der Waals surface area contributed by atoms with Crippen LogP contribution in [-0.4, -0.2) is 10.8 Å². The van der Waals surface area contributed by atoms with Crippen molar-refractivity contribution in [2.24, 2.45) is 0 Å². The quantitative estimate of drug-likeness (QED) is 0.736. The predicted octanol–water partition coefficient (Wildman–Crippen LogP) is 4.15. The lowest BCUT2D eigenvalue weighted by atomic mass is 9.97. The van der Waals surface area contributed by atoms with E-state index in [9.17, 15) is 13.6 Å². The van der Waals surface area contributed by atoms with Crippen LogP contribution < -0.4 is 5.73 Å². The Bertz CT molecular complexity index is 938. The predicted molar refractivity (Wildman–Crippen MR) is 88.6 cm³/mol. The highest BCUT2D eigenvalue weighted by Gasteiger charge is 2.21. The summed E-state index contributed by atoms with van der Waals surface area (Å²) in [5, 5.41) is 0. The summed E-state index contributed by atoms with van der Waals surface area (Å²) in [7, 11) is 0. The zero-order valence-corrected chi connectivity index (χ0v) is 12.9. The maximum atomic E-state index is 13.9. The van der Waals surface area contributed by atoms with Crippen molar-refractivity contribution in [2.75, 3.05) is 5.73 Å². The Morgan fingerprint density at radius 3 is 2.50 bits per heavy atom. The number of carbonyl (C=O) groups excluding carboxylic acids is 1. The van der Waals surface area contributed by atoms with Crippen LogP contribution >= 0.6 is 0 Å². The van der Waals surface area contributed by atoms with Crippen LogP contribution in [-0.2, 0) is 0 Å². The van der Waals surface area contributed by atoms with E-state index in [1.807, 2.05) is 31.2 Å². The Kier molecular flexibility index (Phi) is 4.08. The SMILES string of the molecule is Cc1ccccc1-c1nccc(C(=O)c2cccc(F)c2F)c1N. The molecule has 0 saturated heterocycles. The zero-order valence-electron chi connectivity index (χ0n) is 12.9. The van der Waals surface area contributed by atoms with Gasteiger partial charge < -0.3 is 5.73 Å². The molecule has 3 rings (SSSR count). The van der Waals surface area contributed by atoms with Gasteiger partial charge in [-0.2, -0.15) is 0 Å². The number of rotatable bonds is 3. The largest absolute Gasteiger partial charge is 0.396 e. The molecule has 3 aromatic rings. The second-order valence-corrected chi connectivity index (χ2v) is 5.37. The first kappa shape index (κ1) is 15.8. The van der Waals surface area contributed by atoms with Gasteiger partial charge >= 0.3 is 0 Å². The molecule has 0 radical (unpaired) electrons. The fraction of sp³-hybridized carbons (Fsp3) is 0.0526. The lowest BCUT2D eigenvalue weighted by Gasteiger charge is -2.12. The molecule has 0 unspecified atom stereocenters. The third-order valence-corrected chi connectivity index (χ3v) is 3.83. The van der Waals surface area contributed by atoms with Crippen molar-refractivity contribution in [1.29, 1.82) is 0 Å². The lowest BCUT2D eigenvalue weighted by molar-refractivity contribution is 0.103. The van der Waals surface area contributed by atoms with Crippen LogP contribution in [0.5, 0.6) is 0 Å². The lowest BCUT2D eigenvalue weighted by Crippen LogP contribution is -2.10. The minimum absolute atomic E-state index is 0.0905. The van der Waals surface area contributed by atoms with Crippen molar-refractivity contribution in [1.82, 2.24) is 4.98 Å². The standard InChI is InChI=1S/C19H14F2N2O/c1-11-5-2-3-6-12(11)18-17(22)14(9-10-23-18)19(24)13-7-4-8-15(20)16(13)21/h2-10H,22H2,1H3. The van der Waals surface area contributed by atoms with Gasteiger partial charge in [0.2, 0.25) is 0 Å². The molecule has 0 atom stereocenters. The van der Waals surface area contributed by atoms with Gasteiger partial charge in [-0.15, -0.1) is 0 Å². The normalized spacial score (nSPS) is 10.6. The summed E-state index contributed by atoms with van der Waals surface area (Å²) in [4.78, 5) is 16.8. The fourth-order valence-corrected chi connectivity index (χ4v) is 2.55. The van der Waals surface area contributed by atoms with Crippen LogP contribution in [0.25, 0.3) is 11.3 Å². The summed E-state index contributed by atoms with van der Waals surface area (Å²) in [6, 6.07) is 12.3. The molecule has 0 bridgehead atoms. The van der Waals surface area contributed by atoms with Crippen molar-refractivity contribution in [3.63, 3.8) is 0 Å². The first-order valence-electron chi connectivity index (χ1n) is 7.30. The van der Waals surface area contributed by atoms with E-state index in [0.29, 0.717) is 5.69 Å². The number of aromatic nitrogens is 1. The monoisotopic (exact) mass is 324 g/mol. The number of carbonyl (C=O) groups is 1. The van der Waals surface area contributed by atoms with Crippen LogP contribution in [0.1, 0.15) is 21.5 Å². The number of nitrogen functional groups attached to an aromatic ring is 1. The van der Waals surface area contributed by atoms with Gasteiger partial charge in [-0.3, -0.25) is 9.78 Å². The van der Waals surface area contributed by atoms with E-state index in [2.05, 4.69) is 4.98 Å². The number of aryl methyl sites for hydroxylation is 1. The first-order valence-corrected chi connectivity index (χ1v) is 7.30. The van der Waals surface area contributed by atoms with Crippen molar-refractivity contribution >= 4 is 11.5 Å². The number of hydrogen-bond donors (Lipinski definition) is 1. The molecule has 24 heavy (non-hydrogen) atoms. The molecule has 0 saturated carbocycles. The number of nitrogens with zero attached hydrogens (tertiary/aromatic N) is 1. The summed E-state index contributed by atoms with van der Waals surface area (Å²) in [5.74, 6) is -2.94. The fourth-order valence-electron chi connectivity index (χ4n) is 2.55. The Balaban J connectivity index is 2.14. The van der Waals surface area contributed by atoms with Gasteiger partial charge in [0.25, 0.3) is 0 Å². The average molecular weight is 324 g/mol. The Hall–Kier alpha value is -3.08. The minimum atomic E-state index is -1.18. The van der Waals surface area contributed by atoms with Gasteiger partial charge in [0.15, 0.2) is 17.4 Å². The Morgan fingerprint density at radius 2 is 1.75 bits per heavy atom. The molecular formula is C19H14F2N2O. The summed E-state index contributed by atoms with van der Waals surface area (Å²) < 4.78 is 27.3. The average Bonchev–Trinajstić information content (AvgIpc) is 2.58. The van der Waals surface area contributed by atoms with E-state index < -0.39 is 17.4 Å². The van der Waals surface area contributed by atoms with Gasteiger partial charge in [-0.05, 0) is 30.7 Å². The second kappa shape index (κ2) is 6.20. The molecule has 5 heteroatoms. The van der Waals surface area contributed by atoms with Gasteiger partial charge in [0.1, 0.15) is 0 Å². The highest BCUT2D eigenvalue weighted by Crippen LogP contribution is 2.30. The third-order valence-electron chi connectivity index (χ3n) is 3.83. The molecule has 120 valence electrons. The number of nitrogens with two attached hydrogens (primary N) is 1. The van der Waals surface area contributed by atoms with E-state index in [-0.39, 0.29) is 16.8 Å². The van der Waals surface area contributed by atoms with Gasteiger partial charge in [-0.25, -0.2) is 8.78 Å². The number of pyridine rings is 1. The van der Waals surface area contributed by atoms with Crippen molar-refractivity contribution in [2.45, 2.75) is 6.92 Å². The van der Waals surface area contributed by atoms with E-state index in [1.54, 1.807) is 0 Å². The van der Waals surface area contributed by atoms with Crippen LogP contribution in [0.4, 0.5) is 14.5 Å². The van der Waals surface area contributed by atoms with Crippen LogP contribution in [0.3, 0.4) is 0 Å². The molecule has 3 nitrogen and oxygen atoms in total. The zero-order chi connectivity index (χ0) is 17.3. The van der Waals surface area contributed by atoms with Crippen molar-refractivity contribution < 1.29 is 13.6 Å². The molecule has 1 heterocycles. The van der Waals surface area contributed by atoms with Crippen molar-refractivity contribution in [3.8, 4) is 11.3 Å². The van der Waals surface area contributed by atoms with Crippen LogP contribution in [0.15, 0.2) is 54.7 Å². The summed E-state index contributed by atoms with van der Waals surface area (Å²) in [6.07, 6.45) is 1.43. The van der Waals surface area contributed by atoms with Gasteiger partial charge in [-0.1, -0.05) is 30.3 Å². The molecule has 0 aliphatic rings. The highest BCUT2D eigenvalue weighted by molar-refractivity contribution is 6.13. The highest BCUT2D eigenvalue weighted by atomic mass is 19.2. The minimum Gasteiger partial charge on any atom is -0.396 e. The molecule has 2 N–H and O–H groups in total. The smallest absolute Gasteiger partial charge is 0.198 e. The third kappa shape index (κ3) is 2.65. The topological polar surface area (TPSA) is 56.0 Å². The van der Waals surface area contributed by atoms with Gasteiger partial charge in [0.05, 0.1) is 16.9 Å². The van der Waals surface area contributed by atoms with Crippen LogP contribution in [0, 0.1) is 18.6 Å². The second-order valence-electron chi connectivity index (χ2n) is 5.37. The Morgan fingerprint density at radius 1 is 1.00 bits per heavy atom. The molecule has 1 aromatic heterocycles. The maximum Gasteiger partial charge on any atom is 0.198 e. The van der Waals surface area contributed by atoms with Gasteiger partial charge in [0, 0.05) is 17.3 Å². The van der Waals surface area contributed by atoms with E-state index in [0.717, 1.165) is 17.2 Å². The van der Waals surface area contributed by atoms with Crippen molar-refractivity contribution in [3.05, 3.63) is 83.1 Å². The molecule has 0 aliphatic heterocycles. The Labute approximate surface area is 137 Å².